The molecule has 0 aliphatic heterocycles. The number of carbonyl (C=O) groups is 2. The van der Waals surface area contributed by atoms with Crippen molar-refractivity contribution in [2.24, 2.45) is 0 Å². The summed E-state index contributed by atoms with van der Waals surface area (Å²) in [5.74, 6) is -2.51. The van der Waals surface area contributed by atoms with E-state index in [2.05, 4.69) is 0 Å². The van der Waals surface area contributed by atoms with E-state index < -0.39 is 17.7 Å². The van der Waals surface area contributed by atoms with Gasteiger partial charge in [-0.2, -0.15) is 0 Å². The van der Waals surface area contributed by atoms with Crippen LogP contribution in [0.15, 0.2) is 54.6 Å². The lowest BCUT2D eigenvalue weighted by Crippen LogP contribution is -2.36. The lowest BCUT2D eigenvalue weighted by molar-refractivity contribution is -0.157. The third-order valence-corrected chi connectivity index (χ3v) is 3.37. The summed E-state index contributed by atoms with van der Waals surface area (Å²) in [7, 11) is 0. The van der Waals surface area contributed by atoms with Crippen molar-refractivity contribution in [3.05, 3.63) is 65.7 Å². The highest BCUT2D eigenvalue weighted by Gasteiger charge is 2.32. The summed E-state index contributed by atoms with van der Waals surface area (Å²) in [6.07, 6.45) is 0.301. The van der Waals surface area contributed by atoms with Crippen molar-refractivity contribution in [3.63, 3.8) is 0 Å². The van der Waals surface area contributed by atoms with Gasteiger partial charge in [0.25, 0.3) is 5.79 Å². The molecule has 0 heterocycles. The van der Waals surface area contributed by atoms with Gasteiger partial charge in [-0.1, -0.05) is 25.1 Å². The van der Waals surface area contributed by atoms with Gasteiger partial charge in [-0.15, -0.1) is 0 Å². The molecule has 0 saturated carbocycles. The van der Waals surface area contributed by atoms with E-state index >= 15 is 0 Å². The van der Waals surface area contributed by atoms with Gasteiger partial charge in [0.2, 0.25) is 0 Å². The van der Waals surface area contributed by atoms with E-state index in [0.717, 1.165) is 0 Å². The molecular formula is C18H18O5. The zero-order chi connectivity index (χ0) is 16.9. The average molecular weight is 314 g/mol. The van der Waals surface area contributed by atoms with E-state index in [9.17, 15) is 14.7 Å². The highest BCUT2D eigenvalue weighted by molar-refractivity contribution is 5.91. The molecule has 0 fully saturated rings. The van der Waals surface area contributed by atoms with Crippen LogP contribution < -0.4 is 0 Å². The molecule has 0 aliphatic rings. The Morgan fingerprint density at radius 2 is 1.39 bits per heavy atom. The smallest absolute Gasteiger partial charge is 0.341 e. The number of rotatable bonds is 5. The molecule has 0 saturated heterocycles. The van der Waals surface area contributed by atoms with Crippen molar-refractivity contribution < 1.29 is 24.2 Å². The number of aromatic hydroxyl groups is 1. The third-order valence-electron chi connectivity index (χ3n) is 3.37. The number of benzene rings is 2. The number of hydrogen-bond acceptors (Lipinski definition) is 5. The maximum Gasteiger partial charge on any atom is 0.341 e. The van der Waals surface area contributed by atoms with Gasteiger partial charge in [0.15, 0.2) is 0 Å². The predicted octanol–water partition coefficient (Wildman–Crippen LogP) is 3.53. The van der Waals surface area contributed by atoms with Crippen LogP contribution in [0.4, 0.5) is 0 Å². The second kappa shape index (κ2) is 6.96. The standard InChI is InChI=1S/C18H18O5/c1-3-18(2,22-16(20)13-7-5-4-6-8-13)23-17(21)14-9-11-15(19)12-10-14/h4-12,19H,3H2,1-2H3. The first-order valence-electron chi connectivity index (χ1n) is 7.24. The Morgan fingerprint density at radius 3 is 1.87 bits per heavy atom. The molecule has 2 aromatic rings. The van der Waals surface area contributed by atoms with Crippen molar-refractivity contribution in [3.8, 4) is 5.75 Å². The van der Waals surface area contributed by atoms with E-state index in [1.165, 1.54) is 31.2 Å². The molecule has 120 valence electrons. The fourth-order valence-electron chi connectivity index (χ4n) is 1.85. The summed E-state index contributed by atoms with van der Waals surface area (Å²) in [5, 5.41) is 9.24. The van der Waals surface area contributed by atoms with Crippen molar-refractivity contribution in [2.45, 2.75) is 26.1 Å². The van der Waals surface area contributed by atoms with Gasteiger partial charge in [-0.3, -0.25) is 0 Å². The van der Waals surface area contributed by atoms with Gasteiger partial charge in [0.1, 0.15) is 5.75 Å². The molecule has 0 spiro atoms. The topological polar surface area (TPSA) is 72.8 Å². The molecule has 23 heavy (non-hydrogen) atoms. The molecule has 0 amide bonds. The van der Waals surface area contributed by atoms with Gasteiger partial charge in [-0.25, -0.2) is 9.59 Å². The second-order valence-corrected chi connectivity index (χ2v) is 5.18. The Balaban J connectivity index is 2.09. The number of hydrogen-bond donors (Lipinski definition) is 1. The number of carbonyl (C=O) groups excluding carboxylic acids is 2. The first-order valence-corrected chi connectivity index (χ1v) is 7.24. The molecule has 0 radical (unpaired) electrons. The average Bonchev–Trinajstić information content (AvgIpc) is 2.56. The highest BCUT2D eigenvalue weighted by atomic mass is 16.7. The van der Waals surface area contributed by atoms with Crippen LogP contribution in [-0.4, -0.2) is 22.8 Å². The Kier molecular flexibility index (Phi) is 5.01. The molecule has 0 aromatic heterocycles. The number of ether oxygens (including phenoxy) is 2. The SMILES string of the molecule is CCC(C)(OC(=O)c1ccccc1)OC(=O)c1ccc(O)cc1. The second-order valence-electron chi connectivity index (χ2n) is 5.18. The number of phenols is 1. The normalized spacial score (nSPS) is 13.0. The van der Waals surface area contributed by atoms with Crippen LogP contribution in [0.2, 0.25) is 0 Å². The molecule has 0 aliphatic carbocycles. The lowest BCUT2D eigenvalue weighted by atomic mass is 10.2. The largest absolute Gasteiger partial charge is 0.508 e. The summed E-state index contributed by atoms with van der Waals surface area (Å²) >= 11 is 0. The zero-order valence-electron chi connectivity index (χ0n) is 13.0. The molecule has 0 bridgehead atoms. The summed E-state index contributed by atoms with van der Waals surface area (Å²) in [4.78, 5) is 24.3. The maximum absolute atomic E-state index is 12.2. The number of phenolic OH excluding ortho intramolecular Hbond substituents is 1. The van der Waals surface area contributed by atoms with Crippen LogP contribution in [0.5, 0.6) is 5.75 Å². The minimum absolute atomic E-state index is 0.0512. The van der Waals surface area contributed by atoms with E-state index in [4.69, 9.17) is 9.47 Å². The van der Waals surface area contributed by atoms with Gasteiger partial charge < -0.3 is 14.6 Å². The first kappa shape index (κ1) is 16.5. The molecule has 5 nitrogen and oxygen atoms in total. The summed E-state index contributed by atoms with van der Waals surface area (Å²) < 4.78 is 10.7. The maximum atomic E-state index is 12.2. The Bertz CT molecular complexity index is 678. The fraction of sp³-hybridized carbons (Fsp3) is 0.222. The third kappa shape index (κ3) is 4.32. The van der Waals surface area contributed by atoms with Crippen LogP contribution in [0.3, 0.4) is 0 Å². The number of esters is 2. The monoisotopic (exact) mass is 314 g/mol. The van der Waals surface area contributed by atoms with Gasteiger partial charge in [0, 0.05) is 13.3 Å². The lowest BCUT2D eigenvalue weighted by Gasteiger charge is -2.28. The van der Waals surface area contributed by atoms with E-state index in [-0.39, 0.29) is 11.3 Å². The highest BCUT2D eigenvalue weighted by Crippen LogP contribution is 2.22. The summed E-state index contributed by atoms with van der Waals surface area (Å²) in [6, 6.07) is 14.1. The Morgan fingerprint density at radius 1 is 0.913 bits per heavy atom. The molecular weight excluding hydrogens is 296 g/mol. The predicted molar refractivity (Wildman–Crippen MR) is 84.1 cm³/mol. The molecule has 2 aromatic carbocycles. The molecule has 1 N–H and O–H groups in total. The van der Waals surface area contributed by atoms with E-state index in [0.29, 0.717) is 12.0 Å². The van der Waals surface area contributed by atoms with Crippen molar-refractivity contribution in [2.75, 3.05) is 0 Å². The van der Waals surface area contributed by atoms with Crippen LogP contribution in [-0.2, 0) is 9.47 Å². The van der Waals surface area contributed by atoms with E-state index in [1.54, 1.807) is 37.3 Å². The van der Waals surface area contributed by atoms with Crippen LogP contribution in [0.1, 0.15) is 41.0 Å². The summed E-state index contributed by atoms with van der Waals surface area (Å²) in [6.45, 7) is 3.29. The minimum Gasteiger partial charge on any atom is -0.508 e. The van der Waals surface area contributed by atoms with Gasteiger partial charge >= 0.3 is 11.9 Å². The van der Waals surface area contributed by atoms with Crippen LogP contribution in [0, 0.1) is 0 Å². The summed E-state index contributed by atoms with van der Waals surface area (Å²) in [5.41, 5.74) is 0.645. The minimum atomic E-state index is -1.37. The molecule has 1 unspecified atom stereocenters. The quantitative estimate of drug-likeness (QED) is 0.675. The van der Waals surface area contributed by atoms with Crippen LogP contribution >= 0.6 is 0 Å². The van der Waals surface area contributed by atoms with Crippen molar-refractivity contribution in [1.29, 1.82) is 0 Å². The van der Waals surface area contributed by atoms with Crippen LogP contribution in [0.25, 0.3) is 0 Å². The van der Waals surface area contributed by atoms with E-state index in [1.807, 2.05) is 0 Å². The van der Waals surface area contributed by atoms with Crippen molar-refractivity contribution >= 4 is 11.9 Å². The Hall–Kier alpha value is -2.82. The van der Waals surface area contributed by atoms with Gasteiger partial charge in [-0.05, 0) is 36.4 Å². The Labute approximate surface area is 134 Å². The van der Waals surface area contributed by atoms with Crippen molar-refractivity contribution in [1.82, 2.24) is 0 Å². The molecule has 5 heteroatoms. The molecule has 1 atom stereocenters. The first-order chi connectivity index (χ1) is 10.9. The fourth-order valence-corrected chi connectivity index (χ4v) is 1.85. The molecule has 2 rings (SSSR count). The zero-order valence-corrected chi connectivity index (χ0v) is 13.0. The van der Waals surface area contributed by atoms with Gasteiger partial charge in [0.05, 0.1) is 11.1 Å².